The Morgan fingerprint density at radius 1 is 1.25 bits per heavy atom. The third-order valence-electron chi connectivity index (χ3n) is 4.64. The minimum atomic E-state index is -0.790. The quantitative estimate of drug-likeness (QED) is 0.818. The number of furan rings is 1. The molecule has 0 unspecified atom stereocenters. The molecule has 1 aliphatic carbocycles. The lowest BCUT2D eigenvalue weighted by atomic mass is 9.80. The van der Waals surface area contributed by atoms with Gasteiger partial charge in [0.05, 0.1) is 12.1 Å². The van der Waals surface area contributed by atoms with Crippen LogP contribution >= 0.6 is 12.4 Å². The van der Waals surface area contributed by atoms with Gasteiger partial charge < -0.3 is 20.4 Å². The van der Waals surface area contributed by atoms with E-state index in [0.29, 0.717) is 37.3 Å². The van der Waals surface area contributed by atoms with Gasteiger partial charge in [-0.1, -0.05) is 19.3 Å². The monoisotopic (exact) mass is 357 g/mol. The van der Waals surface area contributed by atoms with Gasteiger partial charge in [0.2, 0.25) is 5.91 Å². The molecule has 1 aliphatic rings. The number of rotatable bonds is 6. The number of carbonyl (C=O) groups excluding carboxylic acids is 2. The average molecular weight is 358 g/mol. The maximum absolute atomic E-state index is 13.0. The van der Waals surface area contributed by atoms with Crippen LogP contribution in [0.1, 0.15) is 62.1 Å². The second-order valence-corrected chi connectivity index (χ2v) is 6.08. The number of nitrogens with two attached hydrogens (primary N) is 1. The highest BCUT2D eigenvalue weighted by molar-refractivity contribution is 5.99. The van der Waals surface area contributed by atoms with Gasteiger partial charge >= 0.3 is 0 Å². The van der Waals surface area contributed by atoms with Gasteiger partial charge in [-0.2, -0.15) is 0 Å². The Hall–Kier alpha value is -1.53. The highest BCUT2D eigenvalue weighted by Crippen LogP contribution is 2.30. The Kier molecular flexibility index (Phi) is 7.76. The van der Waals surface area contributed by atoms with Gasteiger partial charge in [0.15, 0.2) is 0 Å². The molecule has 0 radical (unpaired) electrons. The number of hydrogen-bond acceptors (Lipinski definition) is 4. The average Bonchev–Trinajstić information content (AvgIpc) is 3.06. The van der Waals surface area contributed by atoms with Crippen LogP contribution in [0.5, 0.6) is 0 Å². The molecule has 7 heteroatoms. The number of nitrogens with zero attached hydrogens (tertiary/aromatic N) is 1. The van der Waals surface area contributed by atoms with Crippen LogP contribution in [0.3, 0.4) is 0 Å². The fourth-order valence-electron chi connectivity index (χ4n) is 3.26. The summed E-state index contributed by atoms with van der Waals surface area (Å²) in [7, 11) is 0. The molecule has 0 aromatic carbocycles. The fourth-order valence-corrected chi connectivity index (χ4v) is 3.26. The minimum Gasteiger partial charge on any atom is -0.467 e. The van der Waals surface area contributed by atoms with E-state index in [1.165, 1.54) is 6.26 Å². The maximum Gasteiger partial charge on any atom is 0.255 e. The minimum absolute atomic E-state index is 0. The molecular weight excluding hydrogens is 330 g/mol. The van der Waals surface area contributed by atoms with Crippen molar-refractivity contribution in [3.8, 4) is 0 Å². The van der Waals surface area contributed by atoms with E-state index >= 15 is 0 Å². The van der Waals surface area contributed by atoms with Crippen LogP contribution in [0.2, 0.25) is 0 Å². The van der Waals surface area contributed by atoms with Crippen molar-refractivity contribution in [2.45, 2.75) is 58.0 Å². The Morgan fingerprint density at radius 2 is 1.88 bits per heavy atom. The van der Waals surface area contributed by atoms with E-state index in [4.69, 9.17) is 10.2 Å². The largest absolute Gasteiger partial charge is 0.467 e. The number of nitrogens with one attached hydrogen (secondary N) is 1. The van der Waals surface area contributed by atoms with E-state index in [1.54, 1.807) is 11.0 Å². The fraction of sp³-hybridized carbons (Fsp3) is 0.647. The summed E-state index contributed by atoms with van der Waals surface area (Å²) in [5, 5.41) is 3.00. The van der Waals surface area contributed by atoms with Gasteiger partial charge in [-0.25, -0.2) is 0 Å². The molecule has 1 heterocycles. The summed E-state index contributed by atoms with van der Waals surface area (Å²) in [5.41, 5.74) is 5.14. The Balaban J connectivity index is 0.00000288. The molecule has 1 saturated carbocycles. The number of amides is 2. The van der Waals surface area contributed by atoms with E-state index in [0.717, 1.165) is 19.3 Å². The first-order chi connectivity index (χ1) is 11.1. The summed E-state index contributed by atoms with van der Waals surface area (Å²) < 4.78 is 5.23. The second-order valence-electron chi connectivity index (χ2n) is 6.08. The molecule has 0 bridgehead atoms. The molecule has 1 fully saturated rings. The third kappa shape index (κ3) is 4.30. The molecule has 136 valence electrons. The van der Waals surface area contributed by atoms with Crippen LogP contribution in [0.25, 0.3) is 0 Å². The lowest BCUT2D eigenvalue weighted by Crippen LogP contribution is -2.60. The van der Waals surface area contributed by atoms with Gasteiger partial charge in [-0.15, -0.1) is 12.4 Å². The molecule has 6 nitrogen and oxygen atoms in total. The highest BCUT2D eigenvalue weighted by Gasteiger charge is 2.43. The van der Waals surface area contributed by atoms with Gasteiger partial charge in [0.1, 0.15) is 17.6 Å². The molecular formula is C17H28ClN3O3. The Bertz CT molecular complexity index is 549. The predicted octanol–water partition coefficient (Wildman–Crippen LogP) is 2.46. The number of halogens is 1. The van der Waals surface area contributed by atoms with Gasteiger partial charge in [-0.05, 0) is 32.8 Å². The topological polar surface area (TPSA) is 88.6 Å². The van der Waals surface area contributed by atoms with Crippen molar-refractivity contribution in [3.63, 3.8) is 0 Å². The third-order valence-corrected chi connectivity index (χ3v) is 4.64. The molecule has 0 spiro atoms. The zero-order chi connectivity index (χ0) is 16.9. The lowest BCUT2D eigenvalue weighted by Gasteiger charge is -2.39. The Labute approximate surface area is 149 Å². The van der Waals surface area contributed by atoms with Crippen LogP contribution in [0, 0.1) is 0 Å². The van der Waals surface area contributed by atoms with Crippen molar-refractivity contribution in [2.24, 2.45) is 5.73 Å². The van der Waals surface area contributed by atoms with Gasteiger partial charge in [-0.3, -0.25) is 9.59 Å². The van der Waals surface area contributed by atoms with Crippen molar-refractivity contribution in [2.75, 3.05) is 13.1 Å². The zero-order valence-electron chi connectivity index (χ0n) is 14.5. The van der Waals surface area contributed by atoms with Crippen LogP contribution in [-0.2, 0) is 11.3 Å². The van der Waals surface area contributed by atoms with E-state index < -0.39 is 5.54 Å². The second kappa shape index (κ2) is 9.08. The van der Waals surface area contributed by atoms with Crippen molar-refractivity contribution < 1.29 is 14.0 Å². The first kappa shape index (κ1) is 20.5. The number of carbonyl (C=O) groups is 2. The summed E-state index contributed by atoms with van der Waals surface area (Å²) in [6, 6.07) is 1.63. The first-order valence-electron chi connectivity index (χ1n) is 8.45. The molecule has 2 rings (SSSR count). The van der Waals surface area contributed by atoms with Crippen molar-refractivity contribution in [1.82, 2.24) is 10.2 Å². The zero-order valence-corrected chi connectivity index (χ0v) is 15.3. The van der Waals surface area contributed by atoms with Gasteiger partial charge in [0, 0.05) is 13.1 Å². The summed E-state index contributed by atoms with van der Waals surface area (Å²) >= 11 is 0. The predicted molar refractivity (Wildman–Crippen MR) is 95.1 cm³/mol. The molecule has 3 N–H and O–H groups in total. The van der Waals surface area contributed by atoms with Crippen LogP contribution in [0.4, 0.5) is 0 Å². The van der Waals surface area contributed by atoms with E-state index in [1.807, 2.05) is 13.8 Å². The van der Waals surface area contributed by atoms with Gasteiger partial charge in [0.25, 0.3) is 5.91 Å². The lowest BCUT2D eigenvalue weighted by molar-refractivity contribution is -0.139. The van der Waals surface area contributed by atoms with Crippen molar-refractivity contribution >= 4 is 24.2 Å². The summed E-state index contributed by atoms with van der Waals surface area (Å²) in [6.07, 6.45) is 5.78. The van der Waals surface area contributed by atoms with Crippen molar-refractivity contribution in [3.05, 3.63) is 23.7 Å². The highest BCUT2D eigenvalue weighted by atomic mass is 35.5. The van der Waals surface area contributed by atoms with Crippen LogP contribution in [-0.4, -0.2) is 35.3 Å². The summed E-state index contributed by atoms with van der Waals surface area (Å²) in [4.78, 5) is 27.3. The smallest absolute Gasteiger partial charge is 0.255 e. The summed E-state index contributed by atoms with van der Waals surface area (Å²) in [6.45, 7) is 5.47. The first-order valence-corrected chi connectivity index (χ1v) is 8.45. The van der Waals surface area contributed by atoms with E-state index in [2.05, 4.69) is 5.32 Å². The summed E-state index contributed by atoms with van der Waals surface area (Å²) in [5.74, 6) is 0.317. The van der Waals surface area contributed by atoms with E-state index in [-0.39, 0.29) is 30.8 Å². The molecule has 0 aliphatic heterocycles. The van der Waals surface area contributed by atoms with E-state index in [9.17, 15) is 9.59 Å². The molecule has 0 atom stereocenters. The standard InChI is InChI=1S/C17H27N3O3.ClH/c1-3-20(4-2)16(22)17(8-6-5-7-9-17)19-15(21)13-10-14(11-18)23-12-13;/h10,12H,3-9,11,18H2,1-2H3,(H,19,21);1H. The van der Waals surface area contributed by atoms with Crippen LogP contribution in [0.15, 0.2) is 16.7 Å². The molecule has 1 aromatic rings. The molecule has 1 aromatic heterocycles. The SMILES string of the molecule is CCN(CC)C(=O)C1(NC(=O)c2coc(CN)c2)CCCCC1.Cl. The number of likely N-dealkylation sites (N-methyl/N-ethyl adjacent to an activating group) is 1. The Morgan fingerprint density at radius 3 is 2.38 bits per heavy atom. The molecule has 0 saturated heterocycles. The van der Waals surface area contributed by atoms with Crippen LogP contribution < -0.4 is 11.1 Å². The normalized spacial score (nSPS) is 16.1. The van der Waals surface area contributed by atoms with Crippen molar-refractivity contribution in [1.29, 1.82) is 0 Å². The maximum atomic E-state index is 13.0. The molecule has 24 heavy (non-hydrogen) atoms. The number of hydrogen-bond donors (Lipinski definition) is 2. The molecule has 2 amide bonds.